The van der Waals surface area contributed by atoms with Crippen molar-refractivity contribution in [2.24, 2.45) is 0 Å². The fourth-order valence-corrected chi connectivity index (χ4v) is 2.23. The molecule has 1 aromatic heterocycles. The Morgan fingerprint density at radius 3 is 3.00 bits per heavy atom. The number of amides is 1. The van der Waals surface area contributed by atoms with E-state index in [0.29, 0.717) is 5.69 Å². The number of pyridine rings is 1. The van der Waals surface area contributed by atoms with Gasteiger partial charge in [0, 0.05) is 18.0 Å². The number of carbonyl (C=O) groups is 1. The molecule has 1 aliphatic heterocycles. The molecular weight excluding hydrogens is 226 g/mol. The van der Waals surface area contributed by atoms with Gasteiger partial charge in [-0.2, -0.15) is 0 Å². The summed E-state index contributed by atoms with van der Waals surface area (Å²) in [6.07, 6.45) is 0.985. The van der Waals surface area contributed by atoms with Gasteiger partial charge in [-0.1, -0.05) is 24.3 Å². The molecule has 0 bridgehead atoms. The van der Waals surface area contributed by atoms with Crippen molar-refractivity contribution in [3.63, 3.8) is 0 Å². The van der Waals surface area contributed by atoms with Crippen LogP contribution in [0.25, 0.3) is 10.9 Å². The van der Waals surface area contributed by atoms with Crippen molar-refractivity contribution in [1.82, 2.24) is 15.6 Å². The Hall–Kier alpha value is -1.94. The Labute approximate surface area is 105 Å². The van der Waals surface area contributed by atoms with Gasteiger partial charge in [-0.25, -0.2) is 4.98 Å². The first-order chi connectivity index (χ1) is 8.83. The summed E-state index contributed by atoms with van der Waals surface area (Å²) in [4.78, 5) is 16.4. The number of fused-ring (bicyclic) bond motifs is 1. The van der Waals surface area contributed by atoms with Crippen LogP contribution >= 0.6 is 0 Å². The molecule has 2 aromatic rings. The Morgan fingerprint density at radius 1 is 1.28 bits per heavy atom. The highest BCUT2D eigenvalue weighted by Crippen LogP contribution is 2.12. The number of benzene rings is 1. The first-order valence-electron chi connectivity index (χ1n) is 6.20. The van der Waals surface area contributed by atoms with Crippen molar-refractivity contribution in [2.45, 2.75) is 12.5 Å². The van der Waals surface area contributed by atoms with Gasteiger partial charge in [0.25, 0.3) is 5.91 Å². The van der Waals surface area contributed by atoms with Gasteiger partial charge in [0.05, 0.1) is 5.52 Å². The molecule has 2 N–H and O–H groups in total. The number of nitrogens with zero attached hydrogens (tertiary/aromatic N) is 1. The van der Waals surface area contributed by atoms with E-state index in [1.165, 1.54) is 0 Å². The molecule has 1 aliphatic rings. The second kappa shape index (κ2) is 4.74. The van der Waals surface area contributed by atoms with Crippen LogP contribution in [0.3, 0.4) is 0 Å². The van der Waals surface area contributed by atoms with Crippen LogP contribution in [-0.2, 0) is 0 Å². The summed E-state index contributed by atoms with van der Waals surface area (Å²) in [5, 5.41) is 7.27. The molecule has 0 unspecified atom stereocenters. The van der Waals surface area contributed by atoms with Crippen molar-refractivity contribution >= 4 is 16.8 Å². The van der Waals surface area contributed by atoms with Gasteiger partial charge in [0.1, 0.15) is 5.69 Å². The summed E-state index contributed by atoms with van der Waals surface area (Å²) in [6.45, 7) is 1.81. The molecule has 92 valence electrons. The lowest BCUT2D eigenvalue weighted by molar-refractivity contribution is 0.0935. The molecule has 1 amide bonds. The van der Waals surface area contributed by atoms with Gasteiger partial charge in [-0.05, 0) is 25.1 Å². The summed E-state index contributed by atoms with van der Waals surface area (Å²) < 4.78 is 0. The zero-order chi connectivity index (χ0) is 12.4. The number of carbonyl (C=O) groups excluding carboxylic acids is 1. The number of hydrogen-bond acceptors (Lipinski definition) is 3. The lowest BCUT2D eigenvalue weighted by atomic mass is 10.2. The monoisotopic (exact) mass is 241 g/mol. The lowest BCUT2D eigenvalue weighted by Gasteiger charge is -2.10. The van der Waals surface area contributed by atoms with Crippen LogP contribution in [0.2, 0.25) is 0 Å². The highest BCUT2D eigenvalue weighted by Gasteiger charge is 2.18. The zero-order valence-corrected chi connectivity index (χ0v) is 10.0. The Bertz CT molecular complexity index is 576. The minimum atomic E-state index is -0.0885. The van der Waals surface area contributed by atoms with Crippen molar-refractivity contribution in [3.8, 4) is 0 Å². The number of hydrogen-bond donors (Lipinski definition) is 2. The Kier molecular flexibility index (Phi) is 2.94. The second-order valence-electron chi connectivity index (χ2n) is 4.55. The maximum absolute atomic E-state index is 12.0. The minimum absolute atomic E-state index is 0.0885. The van der Waals surface area contributed by atoms with Crippen molar-refractivity contribution in [3.05, 3.63) is 42.1 Å². The van der Waals surface area contributed by atoms with Crippen molar-refractivity contribution in [1.29, 1.82) is 0 Å². The quantitative estimate of drug-likeness (QED) is 0.834. The van der Waals surface area contributed by atoms with Gasteiger partial charge in [0.15, 0.2) is 0 Å². The number of nitrogens with one attached hydrogen (secondary N) is 2. The van der Waals surface area contributed by atoms with E-state index in [0.717, 1.165) is 30.4 Å². The molecule has 4 nitrogen and oxygen atoms in total. The molecular formula is C14H15N3O. The molecule has 1 aromatic carbocycles. The molecule has 4 heteroatoms. The molecule has 3 rings (SSSR count). The van der Waals surface area contributed by atoms with E-state index >= 15 is 0 Å². The van der Waals surface area contributed by atoms with Crippen LogP contribution in [0, 0.1) is 0 Å². The highest BCUT2D eigenvalue weighted by atomic mass is 16.1. The smallest absolute Gasteiger partial charge is 0.270 e. The number of rotatable bonds is 2. The molecule has 18 heavy (non-hydrogen) atoms. The largest absolute Gasteiger partial charge is 0.347 e. The maximum atomic E-state index is 12.0. The first-order valence-corrected chi connectivity index (χ1v) is 6.20. The maximum Gasteiger partial charge on any atom is 0.270 e. The third kappa shape index (κ3) is 2.19. The Balaban J connectivity index is 1.82. The van der Waals surface area contributed by atoms with E-state index < -0.39 is 0 Å². The Morgan fingerprint density at radius 2 is 2.17 bits per heavy atom. The molecule has 1 atom stereocenters. The van der Waals surface area contributed by atoms with Crippen LogP contribution in [0.4, 0.5) is 0 Å². The molecule has 1 saturated heterocycles. The third-order valence-corrected chi connectivity index (χ3v) is 3.23. The van der Waals surface area contributed by atoms with Gasteiger partial charge in [0.2, 0.25) is 0 Å². The van der Waals surface area contributed by atoms with Crippen LogP contribution in [-0.4, -0.2) is 30.0 Å². The summed E-state index contributed by atoms with van der Waals surface area (Å²) in [6, 6.07) is 11.7. The number of para-hydroxylation sites is 1. The summed E-state index contributed by atoms with van der Waals surface area (Å²) in [7, 11) is 0. The fraction of sp³-hybridized carbons (Fsp3) is 0.286. The van der Waals surface area contributed by atoms with Gasteiger partial charge in [-0.3, -0.25) is 4.79 Å². The molecule has 1 fully saturated rings. The topological polar surface area (TPSA) is 54.0 Å². The SMILES string of the molecule is O=C(N[C@@H]1CCNC1)c1ccc2ccccc2n1. The van der Waals surface area contributed by atoms with Crippen LogP contribution in [0.5, 0.6) is 0 Å². The van der Waals surface area contributed by atoms with E-state index in [1.54, 1.807) is 6.07 Å². The summed E-state index contributed by atoms with van der Waals surface area (Å²) in [5.74, 6) is -0.0885. The van der Waals surface area contributed by atoms with E-state index in [1.807, 2.05) is 30.3 Å². The molecule has 0 aliphatic carbocycles. The standard InChI is InChI=1S/C14H15N3O/c18-14(16-11-7-8-15-9-11)13-6-5-10-3-1-2-4-12(10)17-13/h1-6,11,15H,7-9H2,(H,16,18)/t11-/m1/s1. The summed E-state index contributed by atoms with van der Waals surface area (Å²) in [5.41, 5.74) is 1.34. The number of aromatic nitrogens is 1. The van der Waals surface area contributed by atoms with E-state index in [9.17, 15) is 4.79 Å². The second-order valence-corrected chi connectivity index (χ2v) is 4.55. The van der Waals surface area contributed by atoms with Crippen LogP contribution in [0.15, 0.2) is 36.4 Å². The zero-order valence-electron chi connectivity index (χ0n) is 10.0. The predicted molar refractivity (Wildman–Crippen MR) is 70.5 cm³/mol. The van der Waals surface area contributed by atoms with E-state index in [2.05, 4.69) is 15.6 Å². The van der Waals surface area contributed by atoms with Gasteiger partial charge < -0.3 is 10.6 Å². The molecule has 0 saturated carbocycles. The molecule has 0 spiro atoms. The van der Waals surface area contributed by atoms with E-state index in [-0.39, 0.29) is 11.9 Å². The van der Waals surface area contributed by atoms with Gasteiger partial charge >= 0.3 is 0 Å². The van der Waals surface area contributed by atoms with Crippen LogP contribution < -0.4 is 10.6 Å². The third-order valence-electron chi connectivity index (χ3n) is 3.23. The normalized spacial score (nSPS) is 19.0. The average molecular weight is 241 g/mol. The highest BCUT2D eigenvalue weighted by molar-refractivity contribution is 5.95. The predicted octanol–water partition coefficient (Wildman–Crippen LogP) is 1.33. The fourth-order valence-electron chi connectivity index (χ4n) is 2.23. The van der Waals surface area contributed by atoms with Crippen LogP contribution in [0.1, 0.15) is 16.9 Å². The van der Waals surface area contributed by atoms with Crippen molar-refractivity contribution in [2.75, 3.05) is 13.1 Å². The summed E-state index contributed by atoms with van der Waals surface area (Å²) >= 11 is 0. The molecule has 0 radical (unpaired) electrons. The average Bonchev–Trinajstić information content (AvgIpc) is 2.91. The first kappa shape index (κ1) is 11.2. The van der Waals surface area contributed by atoms with E-state index in [4.69, 9.17) is 0 Å². The lowest BCUT2D eigenvalue weighted by Crippen LogP contribution is -2.36. The van der Waals surface area contributed by atoms with Crippen molar-refractivity contribution < 1.29 is 4.79 Å². The van der Waals surface area contributed by atoms with Gasteiger partial charge in [-0.15, -0.1) is 0 Å². The molecule has 2 heterocycles. The minimum Gasteiger partial charge on any atom is -0.347 e.